The molecule has 22 heavy (non-hydrogen) atoms. The van der Waals surface area contributed by atoms with Gasteiger partial charge in [0.1, 0.15) is 23.0 Å². The number of phenolic OH excluding ortho intramolecular Hbond substituents is 2. The van der Waals surface area contributed by atoms with Crippen molar-refractivity contribution in [3.63, 3.8) is 0 Å². The molecule has 2 N–H and O–H groups in total. The van der Waals surface area contributed by atoms with Crippen molar-refractivity contribution in [2.24, 2.45) is 0 Å². The van der Waals surface area contributed by atoms with E-state index in [1.807, 2.05) is 0 Å². The maximum atomic E-state index is 10.2. The zero-order chi connectivity index (χ0) is 15.9. The lowest BCUT2D eigenvalue weighted by Gasteiger charge is -2.07. The summed E-state index contributed by atoms with van der Waals surface area (Å²) in [4.78, 5) is 21.5. The Balaban J connectivity index is 2.06. The van der Waals surface area contributed by atoms with Gasteiger partial charge in [0.15, 0.2) is 0 Å². The first-order chi connectivity index (χ1) is 10.6. The van der Waals surface area contributed by atoms with E-state index in [1.54, 1.807) is 12.1 Å². The Morgan fingerprint density at radius 3 is 1.50 bits per heavy atom. The van der Waals surface area contributed by atoms with Gasteiger partial charge >= 0.3 is 0 Å². The number of hydrogen-bond acceptors (Lipinski definition) is 8. The lowest BCUT2D eigenvalue weighted by Crippen LogP contribution is -1.88. The van der Waals surface area contributed by atoms with E-state index in [0.29, 0.717) is 9.79 Å². The molecule has 2 aromatic carbocycles. The third-order valence-corrected chi connectivity index (χ3v) is 4.91. The molecule has 0 aliphatic heterocycles. The molecule has 0 radical (unpaired) electrons. The second kappa shape index (κ2) is 7.62. The molecule has 114 valence electrons. The van der Waals surface area contributed by atoms with Crippen LogP contribution < -0.4 is 9.47 Å². The number of benzene rings is 2. The number of aromatic hydroxyl groups is 2. The highest BCUT2D eigenvalue weighted by Gasteiger charge is 2.09. The van der Waals surface area contributed by atoms with Gasteiger partial charge in [0.2, 0.25) is 0 Å². The average Bonchev–Trinajstić information content (AvgIpc) is 2.49. The minimum absolute atomic E-state index is 0.0442. The van der Waals surface area contributed by atoms with Crippen molar-refractivity contribution in [3.8, 4) is 23.0 Å². The van der Waals surface area contributed by atoms with Gasteiger partial charge in [-0.05, 0) is 45.9 Å². The fourth-order valence-corrected chi connectivity index (χ4v) is 3.58. The van der Waals surface area contributed by atoms with Crippen LogP contribution in [0.4, 0.5) is 0 Å². The molecule has 0 aliphatic rings. The van der Waals surface area contributed by atoms with Crippen molar-refractivity contribution < 1.29 is 29.3 Å². The van der Waals surface area contributed by atoms with E-state index in [-0.39, 0.29) is 35.9 Å². The molecule has 0 fully saturated rings. The smallest absolute Gasteiger partial charge is 0.298 e. The van der Waals surface area contributed by atoms with Gasteiger partial charge in [-0.25, -0.2) is 0 Å². The van der Waals surface area contributed by atoms with E-state index < -0.39 is 0 Å². The van der Waals surface area contributed by atoms with Gasteiger partial charge in [0, 0.05) is 12.1 Å². The van der Waals surface area contributed by atoms with Gasteiger partial charge in [0.05, 0.1) is 9.79 Å². The zero-order valence-corrected chi connectivity index (χ0v) is 12.6. The molecule has 2 aromatic rings. The highest BCUT2D eigenvalue weighted by molar-refractivity contribution is 8.76. The molecule has 2 rings (SSSR count). The zero-order valence-electron chi connectivity index (χ0n) is 11.0. The van der Waals surface area contributed by atoms with Gasteiger partial charge in [-0.3, -0.25) is 9.59 Å². The van der Waals surface area contributed by atoms with Gasteiger partial charge in [0.25, 0.3) is 12.9 Å². The van der Waals surface area contributed by atoms with Crippen molar-refractivity contribution in [1.29, 1.82) is 0 Å². The van der Waals surface area contributed by atoms with Crippen molar-refractivity contribution >= 4 is 34.5 Å². The molecule has 0 saturated heterocycles. The van der Waals surface area contributed by atoms with Gasteiger partial charge in [-0.1, -0.05) is 0 Å². The quantitative estimate of drug-likeness (QED) is 0.588. The number of rotatable bonds is 7. The van der Waals surface area contributed by atoms with Crippen LogP contribution in [-0.2, 0) is 9.59 Å². The van der Waals surface area contributed by atoms with E-state index in [0.717, 1.165) is 0 Å². The molecule has 0 spiro atoms. The lowest BCUT2D eigenvalue weighted by molar-refractivity contribution is -0.121. The largest absolute Gasteiger partial charge is 0.507 e. The first-order valence-electron chi connectivity index (χ1n) is 5.85. The second-order valence-corrected chi connectivity index (χ2v) is 6.07. The van der Waals surface area contributed by atoms with Gasteiger partial charge in [-0.2, -0.15) is 0 Å². The molecular formula is C14H10O6S2. The molecule has 0 amide bonds. The van der Waals surface area contributed by atoms with Gasteiger partial charge < -0.3 is 19.7 Å². The Hall–Kier alpha value is -2.32. The highest BCUT2D eigenvalue weighted by Crippen LogP contribution is 2.45. The minimum Gasteiger partial charge on any atom is -0.507 e. The number of hydrogen-bond donors (Lipinski definition) is 2. The van der Waals surface area contributed by atoms with E-state index in [9.17, 15) is 19.8 Å². The van der Waals surface area contributed by atoms with Crippen LogP contribution in [-0.4, -0.2) is 23.2 Å². The monoisotopic (exact) mass is 338 g/mol. The molecule has 0 saturated carbocycles. The van der Waals surface area contributed by atoms with E-state index >= 15 is 0 Å². The minimum atomic E-state index is -0.0442. The van der Waals surface area contributed by atoms with E-state index in [4.69, 9.17) is 0 Å². The molecule has 0 bridgehead atoms. The van der Waals surface area contributed by atoms with Gasteiger partial charge in [-0.15, -0.1) is 0 Å². The van der Waals surface area contributed by atoms with Crippen LogP contribution in [0.1, 0.15) is 0 Å². The summed E-state index contributed by atoms with van der Waals surface area (Å²) < 4.78 is 9.24. The third-order valence-electron chi connectivity index (χ3n) is 2.45. The van der Waals surface area contributed by atoms with Crippen LogP contribution in [0.2, 0.25) is 0 Å². The number of carbonyl (C=O) groups excluding carboxylic acids is 2. The van der Waals surface area contributed by atoms with E-state index in [2.05, 4.69) is 9.47 Å². The van der Waals surface area contributed by atoms with Crippen LogP contribution in [0, 0.1) is 0 Å². The fraction of sp³-hybridized carbons (Fsp3) is 0. The van der Waals surface area contributed by atoms with Crippen molar-refractivity contribution in [1.82, 2.24) is 0 Å². The standard InChI is InChI=1S/C14H10O6S2/c15-7-19-9-1-3-13(11(17)5-9)21-22-14-4-2-10(20-8-16)6-12(14)18/h1-8,17-18H. The van der Waals surface area contributed by atoms with Crippen LogP contribution in [0.15, 0.2) is 46.2 Å². The Morgan fingerprint density at radius 1 is 0.773 bits per heavy atom. The highest BCUT2D eigenvalue weighted by atomic mass is 33.1. The summed E-state index contributed by atoms with van der Waals surface area (Å²) in [5.74, 6) is 0.384. The topological polar surface area (TPSA) is 93.1 Å². The lowest BCUT2D eigenvalue weighted by atomic mass is 10.3. The number of ether oxygens (including phenoxy) is 2. The first-order valence-corrected chi connectivity index (χ1v) is 8.00. The van der Waals surface area contributed by atoms with Crippen molar-refractivity contribution in [2.45, 2.75) is 9.79 Å². The molecular weight excluding hydrogens is 328 g/mol. The average molecular weight is 338 g/mol. The van der Waals surface area contributed by atoms with Crippen LogP contribution in [0.3, 0.4) is 0 Å². The number of phenols is 2. The van der Waals surface area contributed by atoms with E-state index in [1.165, 1.54) is 45.9 Å². The predicted octanol–water partition coefficient (Wildman–Crippen LogP) is 2.97. The summed E-state index contributed by atoms with van der Waals surface area (Å²) >= 11 is 0. The number of carbonyl (C=O) groups is 2. The third kappa shape index (κ3) is 4.09. The summed E-state index contributed by atoms with van der Waals surface area (Å²) in [7, 11) is 2.43. The molecule has 0 atom stereocenters. The summed E-state index contributed by atoms with van der Waals surface area (Å²) in [5, 5.41) is 19.7. The van der Waals surface area contributed by atoms with Crippen LogP contribution in [0.25, 0.3) is 0 Å². The van der Waals surface area contributed by atoms with Crippen LogP contribution in [0.5, 0.6) is 23.0 Å². The molecule has 0 aliphatic carbocycles. The summed E-state index contributed by atoms with van der Waals surface area (Å²) in [5.41, 5.74) is 0. The molecule has 6 nitrogen and oxygen atoms in total. The molecule has 0 heterocycles. The Bertz CT molecular complexity index is 630. The predicted molar refractivity (Wildman–Crippen MR) is 81.3 cm³/mol. The maximum absolute atomic E-state index is 10.2. The normalized spacial score (nSPS) is 10.0. The second-order valence-electron chi connectivity index (χ2n) is 3.85. The Labute approximate surface area is 133 Å². The molecule has 0 aromatic heterocycles. The van der Waals surface area contributed by atoms with Crippen LogP contribution >= 0.6 is 21.6 Å². The molecule has 0 unspecified atom stereocenters. The van der Waals surface area contributed by atoms with Crippen molar-refractivity contribution in [3.05, 3.63) is 36.4 Å². The SMILES string of the molecule is O=COc1ccc(SSc2ccc(OC=O)cc2O)c(O)c1. The Morgan fingerprint density at radius 2 is 1.18 bits per heavy atom. The molecule has 8 heteroatoms. The summed E-state index contributed by atoms with van der Waals surface area (Å²) in [6.07, 6.45) is 0. The van der Waals surface area contributed by atoms with Crippen molar-refractivity contribution in [2.75, 3.05) is 0 Å². The first kappa shape index (κ1) is 16.1. The summed E-state index contributed by atoms with van der Waals surface area (Å²) in [6.45, 7) is 0.550. The maximum Gasteiger partial charge on any atom is 0.298 e. The fourth-order valence-electron chi connectivity index (χ4n) is 1.48. The Kier molecular flexibility index (Phi) is 5.56. The summed E-state index contributed by atoms with van der Waals surface area (Å²) in [6, 6.07) is 8.89.